The van der Waals surface area contributed by atoms with E-state index in [4.69, 9.17) is 0 Å². The minimum atomic E-state index is -0.0545. The molecular formula is C55H38. The zero-order valence-corrected chi connectivity index (χ0v) is 31.0. The molecule has 0 N–H and O–H groups in total. The van der Waals surface area contributed by atoms with E-state index in [1.165, 1.54) is 110 Å². The molecule has 0 saturated carbocycles. The van der Waals surface area contributed by atoms with Crippen molar-refractivity contribution in [1.82, 2.24) is 0 Å². The lowest BCUT2D eigenvalue weighted by molar-refractivity contribution is 0.666. The summed E-state index contributed by atoms with van der Waals surface area (Å²) in [6.07, 6.45) is 0. The molecule has 0 saturated heterocycles. The summed E-state index contributed by atoms with van der Waals surface area (Å²) in [5, 5.41) is 10.3. The number of hydrogen-bond donors (Lipinski definition) is 0. The average molecular weight is 699 g/mol. The van der Waals surface area contributed by atoms with Crippen LogP contribution < -0.4 is 0 Å². The van der Waals surface area contributed by atoms with Gasteiger partial charge in [0.2, 0.25) is 0 Å². The molecule has 1 aliphatic rings. The highest BCUT2D eigenvalue weighted by Gasteiger charge is 2.37. The average Bonchev–Trinajstić information content (AvgIpc) is 3.48. The Labute approximate surface area is 322 Å². The Bertz CT molecular complexity index is 3080. The normalized spacial score (nSPS) is 13.1. The van der Waals surface area contributed by atoms with Gasteiger partial charge in [-0.1, -0.05) is 202 Å². The summed E-state index contributed by atoms with van der Waals surface area (Å²) in [7, 11) is 0. The second kappa shape index (κ2) is 12.1. The summed E-state index contributed by atoms with van der Waals surface area (Å²) < 4.78 is 0. The Morgan fingerprint density at radius 1 is 0.291 bits per heavy atom. The van der Waals surface area contributed by atoms with Crippen molar-refractivity contribution in [2.45, 2.75) is 19.3 Å². The maximum absolute atomic E-state index is 2.41. The Balaban J connectivity index is 1.01. The maximum Gasteiger partial charge on any atom is 0.0165 e. The molecule has 55 heavy (non-hydrogen) atoms. The summed E-state index contributed by atoms with van der Waals surface area (Å²) in [6, 6.07) is 72.0. The van der Waals surface area contributed by atoms with E-state index < -0.39 is 0 Å². The highest BCUT2D eigenvalue weighted by Crippen LogP contribution is 2.52. The SMILES string of the molecule is CC1(C)c2ccc(-c3ccc(-c4c5ccccc5c(-c5ccc(-c6cccc7ccccc67)cc5)c5ccccc45)cc3)cc2-c2ccc3ccccc3c21. The van der Waals surface area contributed by atoms with Crippen molar-refractivity contribution in [2.75, 3.05) is 0 Å². The highest BCUT2D eigenvalue weighted by molar-refractivity contribution is 6.21. The molecule has 0 fully saturated rings. The van der Waals surface area contributed by atoms with Crippen molar-refractivity contribution < 1.29 is 0 Å². The fraction of sp³-hybridized carbons (Fsp3) is 0.0545. The van der Waals surface area contributed by atoms with Gasteiger partial charge >= 0.3 is 0 Å². The van der Waals surface area contributed by atoms with Crippen LogP contribution in [0.2, 0.25) is 0 Å². The third kappa shape index (κ3) is 4.85. The fourth-order valence-electron chi connectivity index (χ4n) is 9.67. The van der Waals surface area contributed by atoms with E-state index in [1.54, 1.807) is 0 Å². The lowest BCUT2D eigenvalue weighted by Gasteiger charge is -2.23. The molecular weight excluding hydrogens is 661 g/mol. The molecule has 0 unspecified atom stereocenters. The molecule has 0 nitrogen and oxygen atoms in total. The molecule has 1 aliphatic carbocycles. The molecule has 0 aromatic heterocycles. The molecule has 0 heterocycles. The standard InChI is InChI=1S/C55H38/c1-55(2)51-33-31-41(34-50(51)49-32-30-37-13-4-6-16-44(37)54(49)55)35-22-26-39(27-23-35)52-45-17-7-9-19-47(45)53(48-20-10-8-18-46(48)52)40-28-24-38(25-29-40)43-21-11-14-36-12-3-5-15-42(36)43/h3-34H,1-2H3. The van der Waals surface area contributed by atoms with E-state index in [0.717, 1.165) is 0 Å². The zero-order valence-electron chi connectivity index (χ0n) is 31.0. The first kappa shape index (κ1) is 31.7. The Hall–Kier alpha value is -6.76. The van der Waals surface area contributed by atoms with Crippen LogP contribution in [-0.2, 0) is 5.41 Å². The number of hydrogen-bond acceptors (Lipinski definition) is 0. The van der Waals surface area contributed by atoms with Crippen molar-refractivity contribution in [1.29, 1.82) is 0 Å². The summed E-state index contributed by atoms with van der Waals surface area (Å²) in [6.45, 7) is 4.75. The fourth-order valence-corrected chi connectivity index (χ4v) is 9.67. The molecule has 10 aromatic carbocycles. The van der Waals surface area contributed by atoms with Gasteiger partial charge in [-0.25, -0.2) is 0 Å². The maximum atomic E-state index is 2.41. The topological polar surface area (TPSA) is 0 Å². The van der Waals surface area contributed by atoms with E-state index in [2.05, 4.69) is 208 Å². The zero-order chi connectivity index (χ0) is 36.7. The second-order valence-corrected chi connectivity index (χ2v) is 15.6. The smallest absolute Gasteiger partial charge is 0.0165 e. The van der Waals surface area contributed by atoms with Crippen LogP contribution in [0.25, 0.3) is 98.7 Å². The first-order valence-corrected chi connectivity index (χ1v) is 19.3. The number of fused-ring (bicyclic) bond motifs is 8. The Morgan fingerprint density at radius 2 is 0.745 bits per heavy atom. The predicted molar refractivity (Wildman–Crippen MR) is 236 cm³/mol. The number of rotatable bonds is 4. The van der Waals surface area contributed by atoms with Crippen LogP contribution in [-0.4, -0.2) is 0 Å². The van der Waals surface area contributed by atoms with E-state index in [1.807, 2.05) is 0 Å². The van der Waals surface area contributed by atoms with Gasteiger partial charge < -0.3 is 0 Å². The lowest BCUT2D eigenvalue weighted by atomic mass is 9.80. The third-order valence-corrected chi connectivity index (χ3v) is 12.2. The minimum Gasteiger partial charge on any atom is -0.0616 e. The van der Waals surface area contributed by atoms with Crippen LogP contribution in [0, 0.1) is 0 Å². The van der Waals surface area contributed by atoms with Crippen LogP contribution in [0.5, 0.6) is 0 Å². The quantitative estimate of drug-likeness (QED) is 0.161. The Morgan fingerprint density at radius 3 is 1.35 bits per heavy atom. The van der Waals surface area contributed by atoms with Crippen molar-refractivity contribution in [3.8, 4) is 55.6 Å². The van der Waals surface area contributed by atoms with Gasteiger partial charge in [-0.3, -0.25) is 0 Å². The molecule has 0 aliphatic heterocycles. The number of benzene rings is 10. The highest BCUT2D eigenvalue weighted by atomic mass is 14.4. The molecule has 11 rings (SSSR count). The van der Waals surface area contributed by atoms with Gasteiger partial charge in [-0.05, 0) is 116 Å². The summed E-state index contributed by atoms with van der Waals surface area (Å²) in [5.41, 5.74) is 15.5. The van der Waals surface area contributed by atoms with Gasteiger partial charge in [-0.15, -0.1) is 0 Å². The van der Waals surface area contributed by atoms with Crippen molar-refractivity contribution in [2.24, 2.45) is 0 Å². The van der Waals surface area contributed by atoms with Crippen LogP contribution in [0.1, 0.15) is 25.0 Å². The molecule has 10 aromatic rings. The largest absolute Gasteiger partial charge is 0.0616 e. The van der Waals surface area contributed by atoms with E-state index in [-0.39, 0.29) is 5.41 Å². The summed E-state index contributed by atoms with van der Waals surface area (Å²) >= 11 is 0. The third-order valence-electron chi connectivity index (χ3n) is 12.2. The van der Waals surface area contributed by atoms with Crippen molar-refractivity contribution in [3.05, 3.63) is 205 Å². The van der Waals surface area contributed by atoms with Gasteiger partial charge in [0, 0.05) is 5.41 Å². The molecule has 0 radical (unpaired) electrons. The van der Waals surface area contributed by atoms with E-state index >= 15 is 0 Å². The van der Waals surface area contributed by atoms with Crippen molar-refractivity contribution in [3.63, 3.8) is 0 Å². The molecule has 0 bridgehead atoms. The van der Waals surface area contributed by atoms with Gasteiger partial charge in [0.05, 0.1) is 0 Å². The lowest BCUT2D eigenvalue weighted by Crippen LogP contribution is -2.15. The molecule has 258 valence electrons. The monoisotopic (exact) mass is 698 g/mol. The van der Waals surface area contributed by atoms with Crippen LogP contribution in [0.15, 0.2) is 194 Å². The van der Waals surface area contributed by atoms with Crippen LogP contribution in [0.4, 0.5) is 0 Å². The van der Waals surface area contributed by atoms with Gasteiger partial charge in [-0.2, -0.15) is 0 Å². The summed E-state index contributed by atoms with van der Waals surface area (Å²) in [4.78, 5) is 0. The molecule has 0 amide bonds. The first-order chi connectivity index (χ1) is 27.0. The van der Waals surface area contributed by atoms with Crippen molar-refractivity contribution >= 4 is 43.1 Å². The van der Waals surface area contributed by atoms with Gasteiger partial charge in [0.1, 0.15) is 0 Å². The van der Waals surface area contributed by atoms with Crippen LogP contribution in [0.3, 0.4) is 0 Å². The summed E-state index contributed by atoms with van der Waals surface area (Å²) in [5.74, 6) is 0. The van der Waals surface area contributed by atoms with Gasteiger partial charge in [0.25, 0.3) is 0 Å². The molecule has 0 atom stereocenters. The molecule has 0 spiro atoms. The Kier molecular flexibility index (Phi) is 7.00. The predicted octanol–water partition coefficient (Wildman–Crippen LogP) is 15.3. The molecule has 0 heteroatoms. The first-order valence-electron chi connectivity index (χ1n) is 19.3. The van der Waals surface area contributed by atoms with Gasteiger partial charge in [0.15, 0.2) is 0 Å². The minimum absolute atomic E-state index is 0.0545. The van der Waals surface area contributed by atoms with E-state index in [9.17, 15) is 0 Å². The second-order valence-electron chi connectivity index (χ2n) is 15.6. The van der Waals surface area contributed by atoms with E-state index in [0.29, 0.717) is 0 Å². The van der Waals surface area contributed by atoms with Crippen LogP contribution >= 0.6 is 0 Å².